The molecule has 0 radical (unpaired) electrons. The van der Waals surface area contributed by atoms with Gasteiger partial charge >= 0.3 is 5.97 Å². The van der Waals surface area contributed by atoms with E-state index < -0.39 is 17.9 Å². The number of nitrogens with one attached hydrogen (secondary N) is 1. The summed E-state index contributed by atoms with van der Waals surface area (Å²) in [5.74, 6) is -1.88. The van der Waals surface area contributed by atoms with E-state index in [2.05, 4.69) is 10.1 Å². The molecule has 1 aromatic rings. The molecule has 0 saturated carbocycles. The van der Waals surface area contributed by atoms with Gasteiger partial charge in [-0.25, -0.2) is 4.79 Å². The van der Waals surface area contributed by atoms with Crippen molar-refractivity contribution >= 4 is 17.7 Å². The molecule has 0 fully saturated rings. The zero-order chi connectivity index (χ0) is 14.7. The maximum atomic E-state index is 12.3. The Kier molecular flexibility index (Phi) is 3.84. The van der Waals surface area contributed by atoms with Gasteiger partial charge in [0.2, 0.25) is 0 Å². The van der Waals surface area contributed by atoms with Gasteiger partial charge in [-0.15, -0.1) is 0 Å². The second-order valence-electron chi connectivity index (χ2n) is 4.07. The fraction of sp³-hybridized carbons (Fsp3) is 0.214. The minimum atomic E-state index is -1.01. The first-order chi connectivity index (χ1) is 9.60. The molecular formula is C14H13NO5. The van der Waals surface area contributed by atoms with E-state index in [1.54, 1.807) is 30.3 Å². The number of ether oxygens (including phenoxy) is 2. The van der Waals surface area contributed by atoms with E-state index in [0.717, 1.165) is 7.11 Å². The average Bonchev–Trinajstić information content (AvgIpc) is 2.83. The van der Waals surface area contributed by atoms with Crippen LogP contribution in [-0.4, -0.2) is 37.9 Å². The van der Waals surface area contributed by atoms with Gasteiger partial charge in [-0.05, 0) is 0 Å². The molecule has 6 heteroatoms. The number of hydrogen-bond acceptors (Lipinski definition) is 5. The lowest BCUT2D eigenvalue weighted by Crippen LogP contribution is -2.36. The van der Waals surface area contributed by atoms with Crippen LogP contribution in [-0.2, 0) is 19.1 Å². The molecule has 1 atom stereocenters. The monoisotopic (exact) mass is 275 g/mol. The highest BCUT2D eigenvalue weighted by atomic mass is 16.5. The number of methoxy groups -OCH3 is 2. The second-order valence-corrected chi connectivity index (χ2v) is 4.07. The van der Waals surface area contributed by atoms with Gasteiger partial charge in [-0.1, -0.05) is 30.3 Å². The molecule has 1 amide bonds. The molecule has 0 spiro atoms. The van der Waals surface area contributed by atoms with Gasteiger partial charge < -0.3 is 14.8 Å². The van der Waals surface area contributed by atoms with Crippen LogP contribution in [0.5, 0.6) is 0 Å². The smallest absolute Gasteiger partial charge is 0.347 e. The molecule has 0 bridgehead atoms. The van der Waals surface area contributed by atoms with Gasteiger partial charge in [0.15, 0.2) is 17.4 Å². The molecule has 0 aromatic heterocycles. The van der Waals surface area contributed by atoms with Gasteiger partial charge in [-0.2, -0.15) is 0 Å². The second kappa shape index (κ2) is 5.56. The average molecular weight is 275 g/mol. The fourth-order valence-electron chi connectivity index (χ4n) is 1.99. The van der Waals surface area contributed by atoms with E-state index in [1.807, 2.05) is 0 Å². The van der Waals surface area contributed by atoms with E-state index in [-0.39, 0.29) is 17.1 Å². The largest absolute Gasteiger partial charge is 0.497 e. The van der Waals surface area contributed by atoms with E-state index >= 15 is 0 Å². The van der Waals surface area contributed by atoms with E-state index in [9.17, 15) is 14.4 Å². The molecule has 6 nitrogen and oxygen atoms in total. The first-order valence-electron chi connectivity index (χ1n) is 5.86. The molecule has 1 heterocycles. The summed E-state index contributed by atoms with van der Waals surface area (Å²) in [6.07, 6.45) is 0. The Labute approximate surface area is 115 Å². The minimum Gasteiger partial charge on any atom is -0.497 e. The summed E-state index contributed by atoms with van der Waals surface area (Å²) in [5, 5.41) is 2.43. The molecule has 1 aromatic carbocycles. The molecule has 2 rings (SSSR count). The van der Waals surface area contributed by atoms with Crippen LogP contribution in [0.1, 0.15) is 10.4 Å². The van der Waals surface area contributed by atoms with Crippen molar-refractivity contribution in [2.24, 2.45) is 0 Å². The fourth-order valence-corrected chi connectivity index (χ4v) is 1.99. The Hall–Kier alpha value is -2.63. The van der Waals surface area contributed by atoms with Crippen molar-refractivity contribution in [1.29, 1.82) is 0 Å². The number of ketones is 1. The summed E-state index contributed by atoms with van der Waals surface area (Å²) < 4.78 is 9.57. The van der Waals surface area contributed by atoms with Crippen molar-refractivity contribution in [1.82, 2.24) is 5.32 Å². The first kappa shape index (κ1) is 13.8. The van der Waals surface area contributed by atoms with Crippen molar-refractivity contribution < 1.29 is 23.9 Å². The number of hydrogen-bond donors (Lipinski definition) is 1. The van der Waals surface area contributed by atoms with Gasteiger partial charge in [0.05, 0.1) is 14.2 Å². The number of rotatable bonds is 4. The summed E-state index contributed by atoms with van der Waals surface area (Å²) in [7, 11) is 2.45. The van der Waals surface area contributed by atoms with Crippen molar-refractivity contribution in [3.8, 4) is 0 Å². The van der Waals surface area contributed by atoms with Crippen LogP contribution >= 0.6 is 0 Å². The Morgan fingerprint density at radius 1 is 1.15 bits per heavy atom. The minimum absolute atomic E-state index is 0.0179. The zero-order valence-corrected chi connectivity index (χ0v) is 11.0. The van der Waals surface area contributed by atoms with E-state index in [4.69, 9.17) is 4.74 Å². The van der Waals surface area contributed by atoms with Gasteiger partial charge in [-0.3, -0.25) is 9.59 Å². The lowest BCUT2D eigenvalue weighted by Gasteiger charge is -2.12. The third kappa shape index (κ3) is 2.27. The summed E-state index contributed by atoms with van der Waals surface area (Å²) in [6, 6.07) is 7.43. The number of carbonyl (C=O) groups is 3. The van der Waals surface area contributed by atoms with Gasteiger partial charge in [0.1, 0.15) is 5.76 Å². The number of carbonyl (C=O) groups excluding carboxylic acids is 3. The Morgan fingerprint density at radius 3 is 2.35 bits per heavy atom. The maximum absolute atomic E-state index is 12.3. The quantitative estimate of drug-likeness (QED) is 0.490. The van der Waals surface area contributed by atoms with Gasteiger partial charge in [0.25, 0.3) is 5.91 Å². The molecule has 0 unspecified atom stereocenters. The third-order valence-corrected chi connectivity index (χ3v) is 2.94. The van der Waals surface area contributed by atoms with Gasteiger partial charge in [0, 0.05) is 5.56 Å². The summed E-state index contributed by atoms with van der Waals surface area (Å²) in [4.78, 5) is 35.7. The van der Waals surface area contributed by atoms with Crippen LogP contribution in [0.2, 0.25) is 0 Å². The molecule has 104 valence electrons. The van der Waals surface area contributed by atoms with Crippen molar-refractivity contribution in [2.75, 3.05) is 14.2 Å². The lowest BCUT2D eigenvalue weighted by atomic mass is 10.0. The van der Waals surface area contributed by atoms with Crippen LogP contribution in [0.25, 0.3) is 0 Å². The van der Waals surface area contributed by atoms with Crippen LogP contribution in [0.4, 0.5) is 0 Å². The third-order valence-electron chi connectivity index (χ3n) is 2.94. The van der Waals surface area contributed by atoms with Crippen LogP contribution in [0.3, 0.4) is 0 Å². The molecule has 0 saturated heterocycles. The normalized spacial score (nSPS) is 17.7. The zero-order valence-electron chi connectivity index (χ0n) is 11.0. The highest BCUT2D eigenvalue weighted by Gasteiger charge is 2.41. The standard InChI is InChI=1S/C14H13NO5/c1-19-12-9(14(18)20-2)13(17)15-10(12)11(16)8-6-4-3-5-7-8/h3-7,10H,1-2H3,(H,15,17)/t10-/m0/s1. The van der Waals surface area contributed by atoms with Crippen molar-refractivity contribution in [3.63, 3.8) is 0 Å². The van der Waals surface area contributed by atoms with Crippen LogP contribution < -0.4 is 5.32 Å². The Balaban J connectivity index is 2.39. The van der Waals surface area contributed by atoms with Crippen molar-refractivity contribution in [2.45, 2.75) is 6.04 Å². The van der Waals surface area contributed by atoms with Crippen molar-refractivity contribution in [3.05, 3.63) is 47.2 Å². The summed E-state index contributed by atoms with van der Waals surface area (Å²) >= 11 is 0. The molecule has 0 aliphatic carbocycles. The highest BCUT2D eigenvalue weighted by Crippen LogP contribution is 2.22. The number of amides is 1. The number of benzene rings is 1. The molecule has 20 heavy (non-hydrogen) atoms. The Bertz CT molecular complexity index is 591. The number of esters is 1. The molecule has 1 aliphatic heterocycles. The SMILES string of the molecule is COC(=O)C1=C(OC)[C@H](C(=O)c2ccccc2)NC1=O. The number of Topliss-reactive ketones (excluding diaryl/α,β-unsaturated/α-hetero) is 1. The van der Waals surface area contributed by atoms with E-state index in [0.29, 0.717) is 5.56 Å². The predicted molar refractivity (Wildman–Crippen MR) is 68.8 cm³/mol. The lowest BCUT2D eigenvalue weighted by molar-refractivity contribution is -0.138. The molecule has 1 aliphatic rings. The predicted octanol–water partition coefficient (Wildman–Crippen LogP) is 0.441. The molecule has 1 N–H and O–H groups in total. The molecular weight excluding hydrogens is 262 g/mol. The topological polar surface area (TPSA) is 81.7 Å². The summed E-state index contributed by atoms with van der Waals surface area (Å²) in [6.45, 7) is 0. The van der Waals surface area contributed by atoms with Crippen LogP contribution in [0, 0.1) is 0 Å². The maximum Gasteiger partial charge on any atom is 0.347 e. The first-order valence-corrected chi connectivity index (χ1v) is 5.86. The summed E-state index contributed by atoms with van der Waals surface area (Å²) in [5.41, 5.74) is 0.141. The Morgan fingerprint density at radius 2 is 1.80 bits per heavy atom. The highest BCUT2D eigenvalue weighted by molar-refractivity contribution is 6.22. The van der Waals surface area contributed by atoms with Crippen LogP contribution in [0.15, 0.2) is 41.7 Å². The van der Waals surface area contributed by atoms with E-state index in [1.165, 1.54) is 7.11 Å².